The highest BCUT2D eigenvalue weighted by molar-refractivity contribution is 7.90. The van der Waals surface area contributed by atoms with Gasteiger partial charge in [0.05, 0.1) is 29.8 Å². The van der Waals surface area contributed by atoms with Crippen LogP contribution in [-0.2, 0) is 16.4 Å². The summed E-state index contributed by atoms with van der Waals surface area (Å²) >= 11 is 5.97. The predicted molar refractivity (Wildman–Crippen MR) is 109 cm³/mol. The highest BCUT2D eigenvalue weighted by Gasteiger charge is 2.27. The van der Waals surface area contributed by atoms with E-state index in [4.69, 9.17) is 21.1 Å². The maximum Gasteiger partial charge on any atom is 0.177 e. The monoisotopic (exact) mass is 424 g/mol. The van der Waals surface area contributed by atoms with E-state index in [1.54, 1.807) is 14.2 Å². The maximum absolute atomic E-state index is 12.1. The van der Waals surface area contributed by atoms with Gasteiger partial charge in [0.2, 0.25) is 0 Å². The Bertz CT molecular complexity index is 941. The number of piperidine rings is 1. The summed E-state index contributed by atoms with van der Waals surface area (Å²) in [6.07, 6.45) is 4.42. The molecule has 2 heterocycles. The van der Waals surface area contributed by atoms with Crippen LogP contribution in [-0.4, -0.2) is 51.9 Å². The number of likely N-dealkylation sites (tertiary alicyclic amines) is 1. The van der Waals surface area contributed by atoms with Crippen LogP contribution >= 0.6 is 11.6 Å². The summed E-state index contributed by atoms with van der Waals surface area (Å²) in [5.41, 5.74) is 1.73. The predicted octanol–water partition coefficient (Wildman–Crippen LogP) is 3.54. The Morgan fingerprint density at radius 3 is 2.50 bits per heavy atom. The van der Waals surface area contributed by atoms with Crippen molar-refractivity contribution >= 4 is 21.4 Å². The summed E-state index contributed by atoms with van der Waals surface area (Å²) in [5.74, 6) is 1.68. The third-order valence-corrected chi connectivity index (χ3v) is 6.44. The molecule has 1 aromatic carbocycles. The Morgan fingerprint density at radius 2 is 1.89 bits per heavy atom. The van der Waals surface area contributed by atoms with E-state index in [-0.39, 0.29) is 10.8 Å². The second-order valence-electron chi connectivity index (χ2n) is 7.04. The van der Waals surface area contributed by atoms with Crippen LogP contribution in [0.25, 0.3) is 0 Å². The zero-order valence-electron chi connectivity index (χ0n) is 16.3. The van der Waals surface area contributed by atoms with E-state index in [0.29, 0.717) is 10.7 Å². The van der Waals surface area contributed by atoms with Crippen LogP contribution in [0.15, 0.2) is 35.4 Å². The quantitative estimate of drug-likeness (QED) is 0.706. The number of aromatic nitrogens is 1. The van der Waals surface area contributed by atoms with Crippen LogP contribution in [0.4, 0.5) is 0 Å². The summed E-state index contributed by atoms with van der Waals surface area (Å²) in [6.45, 7) is 2.48. The highest BCUT2D eigenvalue weighted by Crippen LogP contribution is 2.33. The molecule has 0 radical (unpaired) electrons. The number of ether oxygens (including phenoxy) is 2. The molecule has 1 fully saturated rings. The molecule has 0 saturated carbocycles. The average Bonchev–Trinajstić information content (AvgIpc) is 2.68. The average molecular weight is 425 g/mol. The van der Waals surface area contributed by atoms with Crippen molar-refractivity contribution < 1.29 is 17.9 Å². The fourth-order valence-electron chi connectivity index (χ4n) is 3.62. The van der Waals surface area contributed by atoms with E-state index in [0.717, 1.165) is 49.5 Å². The van der Waals surface area contributed by atoms with Crippen molar-refractivity contribution in [3.63, 3.8) is 0 Å². The molecule has 0 N–H and O–H groups in total. The first-order valence-electron chi connectivity index (χ1n) is 9.10. The van der Waals surface area contributed by atoms with Gasteiger partial charge >= 0.3 is 0 Å². The van der Waals surface area contributed by atoms with Gasteiger partial charge in [0.1, 0.15) is 11.5 Å². The largest absolute Gasteiger partial charge is 0.497 e. The zero-order chi connectivity index (χ0) is 20.3. The van der Waals surface area contributed by atoms with Crippen molar-refractivity contribution in [3.05, 3.63) is 46.7 Å². The molecule has 2 aromatic rings. The minimum absolute atomic E-state index is 0.107. The summed E-state index contributed by atoms with van der Waals surface area (Å²) in [7, 11) is -0.0821. The Hall–Kier alpha value is -1.83. The maximum atomic E-state index is 12.1. The van der Waals surface area contributed by atoms with Gasteiger partial charge in [-0.05, 0) is 38.1 Å². The highest BCUT2D eigenvalue weighted by atomic mass is 35.5. The van der Waals surface area contributed by atoms with Gasteiger partial charge in [0, 0.05) is 36.5 Å². The Kier molecular flexibility index (Phi) is 6.47. The number of halogens is 1. The fraction of sp³-hybridized carbons (Fsp3) is 0.450. The SMILES string of the molecule is COc1ccc(CN2CCC(c3ncc(Cl)cc3S(C)(=O)=O)CC2)c(OC)c1. The van der Waals surface area contributed by atoms with Gasteiger partial charge in [-0.15, -0.1) is 0 Å². The first-order valence-corrected chi connectivity index (χ1v) is 11.4. The molecule has 0 spiro atoms. The third-order valence-electron chi connectivity index (χ3n) is 5.11. The molecule has 1 aliphatic rings. The lowest BCUT2D eigenvalue weighted by atomic mass is 9.92. The summed E-state index contributed by atoms with van der Waals surface area (Å²) in [5, 5.41) is 0.341. The van der Waals surface area contributed by atoms with E-state index in [1.165, 1.54) is 18.5 Å². The number of benzene rings is 1. The molecule has 0 atom stereocenters. The van der Waals surface area contributed by atoms with Gasteiger partial charge in [0.25, 0.3) is 0 Å². The van der Waals surface area contributed by atoms with Crippen molar-refractivity contribution in [2.75, 3.05) is 33.6 Å². The standard InChI is InChI=1S/C20H25ClN2O4S/c1-26-17-5-4-15(18(11-17)27-2)13-23-8-6-14(7-9-23)20-19(28(3,24)25)10-16(21)12-22-20/h4-5,10-12,14H,6-9,13H2,1-3H3. The van der Waals surface area contributed by atoms with E-state index in [9.17, 15) is 8.42 Å². The molecule has 8 heteroatoms. The van der Waals surface area contributed by atoms with Crippen LogP contribution < -0.4 is 9.47 Å². The Labute approximate surface area is 171 Å². The normalized spacial score (nSPS) is 16.1. The number of rotatable bonds is 6. The number of nitrogens with zero attached hydrogens (tertiary/aromatic N) is 2. The molecule has 28 heavy (non-hydrogen) atoms. The summed E-state index contributed by atoms with van der Waals surface area (Å²) < 4.78 is 35.0. The summed E-state index contributed by atoms with van der Waals surface area (Å²) in [6, 6.07) is 7.35. The van der Waals surface area contributed by atoms with Gasteiger partial charge in [-0.25, -0.2) is 8.42 Å². The molecule has 152 valence electrons. The molecular formula is C20H25ClN2O4S. The van der Waals surface area contributed by atoms with E-state index < -0.39 is 9.84 Å². The lowest BCUT2D eigenvalue weighted by Crippen LogP contribution is -2.33. The van der Waals surface area contributed by atoms with Crippen molar-refractivity contribution in [2.24, 2.45) is 0 Å². The Balaban J connectivity index is 1.71. The zero-order valence-corrected chi connectivity index (χ0v) is 17.9. The van der Waals surface area contributed by atoms with Crippen molar-refractivity contribution in [2.45, 2.75) is 30.2 Å². The molecule has 1 aromatic heterocycles. The number of methoxy groups -OCH3 is 2. The number of hydrogen-bond donors (Lipinski definition) is 0. The molecule has 0 bridgehead atoms. The van der Waals surface area contributed by atoms with Gasteiger partial charge in [-0.1, -0.05) is 17.7 Å². The third kappa shape index (κ3) is 4.77. The topological polar surface area (TPSA) is 68.7 Å². The Morgan fingerprint density at radius 1 is 1.18 bits per heavy atom. The number of hydrogen-bond acceptors (Lipinski definition) is 6. The number of sulfone groups is 1. The van der Waals surface area contributed by atoms with Gasteiger partial charge in [-0.3, -0.25) is 9.88 Å². The lowest BCUT2D eigenvalue weighted by Gasteiger charge is -2.32. The van der Waals surface area contributed by atoms with Crippen LogP contribution in [0.5, 0.6) is 11.5 Å². The molecule has 0 amide bonds. The van der Waals surface area contributed by atoms with Crippen molar-refractivity contribution in [3.8, 4) is 11.5 Å². The fourth-order valence-corrected chi connectivity index (χ4v) is 4.79. The summed E-state index contributed by atoms with van der Waals surface area (Å²) in [4.78, 5) is 6.95. The van der Waals surface area contributed by atoms with Gasteiger partial charge in [-0.2, -0.15) is 0 Å². The van der Waals surface area contributed by atoms with E-state index in [1.807, 2.05) is 18.2 Å². The minimum atomic E-state index is -3.37. The van der Waals surface area contributed by atoms with Crippen LogP contribution in [0.1, 0.15) is 30.0 Å². The van der Waals surface area contributed by atoms with Crippen LogP contribution in [0.2, 0.25) is 5.02 Å². The molecule has 1 aliphatic heterocycles. The first-order chi connectivity index (χ1) is 13.3. The van der Waals surface area contributed by atoms with Crippen LogP contribution in [0, 0.1) is 0 Å². The first kappa shape index (κ1) is 20.9. The molecule has 0 unspecified atom stereocenters. The van der Waals surface area contributed by atoms with E-state index in [2.05, 4.69) is 9.88 Å². The van der Waals surface area contributed by atoms with Crippen molar-refractivity contribution in [1.82, 2.24) is 9.88 Å². The molecule has 3 rings (SSSR count). The second kappa shape index (κ2) is 8.68. The van der Waals surface area contributed by atoms with Gasteiger partial charge < -0.3 is 9.47 Å². The molecule has 1 saturated heterocycles. The number of pyridine rings is 1. The smallest absolute Gasteiger partial charge is 0.177 e. The van der Waals surface area contributed by atoms with Crippen molar-refractivity contribution in [1.29, 1.82) is 0 Å². The second-order valence-corrected chi connectivity index (χ2v) is 9.46. The minimum Gasteiger partial charge on any atom is -0.497 e. The molecule has 6 nitrogen and oxygen atoms in total. The lowest BCUT2D eigenvalue weighted by molar-refractivity contribution is 0.200. The molecular weight excluding hydrogens is 400 g/mol. The van der Waals surface area contributed by atoms with Crippen LogP contribution in [0.3, 0.4) is 0 Å². The van der Waals surface area contributed by atoms with E-state index >= 15 is 0 Å². The van der Waals surface area contributed by atoms with Gasteiger partial charge in [0.15, 0.2) is 9.84 Å². The molecule has 0 aliphatic carbocycles.